The highest BCUT2D eigenvalue weighted by molar-refractivity contribution is 5.90. The van der Waals surface area contributed by atoms with E-state index in [1.807, 2.05) is 0 Å². The molecule has 0 aliphatic heterocycles. The second-order valence-electron chi connectivity index (χ2n) is 3.56. The first-order valence-electron chi connectivity index (χ1n) is 4.95. The van der Waals surface area contributed by atoms with Crippen molar-refractivity contribution in [3.63, 3.8) is 0 Å². The van der Waals surface area contributed by atoms with E-state index in [-0.39, 0.29) is 16.8 Å². The SMILES string of the molecule is COC(=O)c1ccc(C(O)C(O)C(=O)O)c(N)c1. The summed E-state index contributed by atoms with van der Waals surface area (Å²) in [6.45, 7) is 0. The number of ether oxygens (including phenoxy) is 1. The lowest BCUT2D eigenvalue weighted by Gasteiger charge is -2.16. The number of carboxylic acid groups (broad SMARTS) is 1. The molecule has 7 nitrogen and oxygen atoms in total. The molecule has 18 heavy (non-hydrogen) atoms. The van der Waals surface area contributed by atoms with Gasteiger partial charge in [-0.1, -0.05) is 6.07 Å². The van der Waals surface area contributed by atoms with Crippen LogP contribution in [-0.2, 0) is 9.53 Å². The summed E-state index contributed by atoms with van der Waals surface area (Å²) in [5.74, 6) is -2.18. The van der Waals surface area contributed by atoms with Gasteiger partial charge in [-0.05, 0) is 12.1 Å². The number of nitrogen functional groups attached to an aromatic ring is 1. The van der Waals surface area contributed by atoms with Gasteiger partial charge in [0.2, 0.25) is 0 Å². The van der Waals surface area contributed by atoms with Crippen LogP contribution in [0.4, 0.5) is 5.69 Å². The monoisotopic (exact) mass is 255 g/mol. The minimum absolute atomic E-state index is 0.00861. The lowest BCUT2D eigenvalue weighted by molar-refractivity contribution is -0.153. The van der Waals surface area contributed by atoms with E-state index in [0.717, 1.165) is 0 Å². The Kier molecular flexibility index (Phi) is 4.24. The van der Waals surface area contributed by atoms with E-state index in [4.69, 9.17) is 10.8 Å². The van der Waals surface area contributed by atoms with Gasteiger partial charge in [0.05, 0.1) is 12.7 Å². The third kappa shape index (κ3) is 2.76. The van der Waals surface area contributed by atoms with E-state index in [2.05, 4.69) is 4.74 Å². The zero-order valence-electron chi connectivity index (χ0n) is 9.53. The van der Waals surface area contributed by atoms with E-state index in [9.17, 15) is 19.8 Å². The molecule has 1 aromatic carbocycles. The Morgan fingerprint density at radius 3 is 2.39 bits per heavy atom. The number of hydrogen-bond acceptors (Lipinski definition) is 6. The molecule has 7 heteroatoms. The molecule has 2 unspecified atom stereocenters. The van der Waals surface area contributed by atoms with Crippen LogP contribution in [0.5, 0.6) is 0 Å². The first kappa shape index (κ1) is 13.9. The molecule has 0 bridgehead atoms. The van der Waals surface area contributed by atoms with Crippen molar-refractivity contribution in [1.82, 2.24) is 0 Å². The summed E-state index contributed by atoms with van der Waals surface area (Å²) in [6.07, 6.45) is -3.66. The number of carbonyl (C=O) groups is 2. The number of aliphatic hydroxyl groups excluding tert-OH is 2. The molecule has 0 aliphatic carbocycles. The predicted molar refractivity (Wildman–Crippen MR) is 60.8 cm³/mol. The fourth-order valence-corrected chi connectivity index (χ4v) is 1.39. The summed E-state index contributed by atoms with van der Waals surface area (Å²) in [5, 5.41) is 27.4. The standard InChI is InChI=1S/C11H13NO6/c1-18-11(17)5-2-3-6(7(12)4-5)8(13)9(14)10(15)16/h2-4,8-9,13-14H,12H2,1H3,(H,15,16). The molecule has 5 N–H and O–H groups in total. The number of hydrogen-bond donors (Lipinski definition) is 4. The maximum atomic E-state index is 11.2. The Labute approximate surface area is 102 Å². The van der Waals surface area contributed by atoms with Crippen LogP contribution in [0.25, 0.3) is 0 Å². The van der Waals surface area contributed by atoms with Crippen molar-refractivity contribution >= 4 is 17.6 Å². The Morgan fingerprint density at radius 2 is 1.94 bits per heavy atom. The summed E-state index contributed by atoms with van der Waals surface area (Å²) in [6, 6.07) is 3.81. The van der Waals surface area contributed by atoms with E-state index in [0.29, 0.717) is 0 Å². The predicted octanol–water partition coefficient (Wildman–Crippen LogP) is -0.466. The molecule has 2 atom stereocenters. The summed E-state index contributed by atoms with van der Waals surface area (Å²) in [7, 11) is 1.20. The number of nitrogens with two attached hydrogens (primary N) is 1. The van der Waals surface area contributed by atoms with Crippen LogP contribution in [0.15, 0.2) is 18.2 Å². The van der Waals surface area contributed by atoms with Gasteiger partial charge in [-0.25, -0.2) is 9.59 Å². The largest absolute Gasteiger partial charge is 0.479 e. The van der Waals surface area contributed by atoms with Crippen LogP contribution in [-0.4, -0.2) is 40.5 Å². The van der Waals surface area contributed by atoms with Crippen LogP contribution in [0, 0.1) is 0 Å². The Morgan fingerprint density at radius 1 is 1.33 bits per heavy atom. The maximum Gasteiger partial charge on any atom is 0.337 e. The molecule has 1 aromatic rings. The number of rotatable bonds is 4. The van der Waals surface area contributed by atoms with Crippen molar-refractivity contribution in [3.05, 3.63) is 29.3 Å². The van der Waals surface area contributed by atoms with Crippen LogP contribution >= 0.6 is 0 Å². The van der Waals surface area contributed by atoms with Gasteiger partial charge in [0.1, 0.15) is 6.10 Å². The number of aliphatic carboxylic acids is 1. The number of esters is 1. The van der Waals surface area contributed by atoms with Gasteiger partial charge in [0.15, 0.2) is 6.10 Å². The Hall–Kier alpha value is -2.12. The van der Waals surface area contributed by atoms with Crippen LogP contribution in [0.1, 0.15) is 22.0 Å². The molecule has 98 valence electrons. The number of benzene rings is 1. The number of carboxylic acids is 1. The number of anilines is 1. The quantitative estimate of drug-likeness (QED) is 0.422. The highest BCUT2D eigenvalue weighted by Crippen LogP contribution is 2.24. The Bertz CT molecular complexity index is 473. The van der Waals surface area contributed by atoms with Crippen molar-refractivity contribution in [2.45, 2.75) is 12.2 Å². The third-order valence-corrected chi connectivity index (χ3v) is 2.38. The highest BCUT2D eigenvalue weighted by atomic mass is 16.5. The van der Waals surface area contributed by atoms with E-state index < -0.39 is 24.1 Å². The summed E-state index contributed by atoms with van der Waals surface area (Å²) in [5.41, 5.74) is 5.76. The molecule has 1 rings (SSSR count). The highest BCUT2D eigenvalue weighted by Gasteiger charge is 2.27. The second-order valence-corrected chi connectivity index (χ2v) is 3.56. The Balaban J connectivity index is 3.06. The molecule has 0 spiro atoms. The fourth-order valence-electron chi connectivity index (χ4n) is 1.39. The average molecular weight is 255 g/mol. The van der Waals surface area contributed by atoms with Crippen molar-refractivity contribution < 1.29 is 29.6 Å². The smallest absolute Gasteiger partial charge is 0.337 e. The lowest BCUT2D eigenvalue weighted by atomic mass is 10.0. The van der Waals surface area contributed by atoms with E-state index in [1.165, 1.54) is 25.3 Å². The fraction of sp³-hybridized carbons (Fsp3) is 0.273. The zero-order valence-corrected chi connectivity index (χ0v) is 9.53. The van der Waals surface area contributed by atoms with Gasteiger partial charge in [0, 0.05) is 11.3 Å². The molecular weight excluding hydrogens is 242 g/mol. The van der Waals surface area contributed by atoms with Crippen molar-refractivity contribution in [2.24, 2.45) is 0 Å². The van der Waals surface area contributed by atoms with Gasteiger partial charge < -0.3 is 25.8 Å². The molecule has 0 heterocycles. The van der Waals surface area contributed by atoms with Gasteiger partial charge >= 0.3 is 11.9 Å². The number of methoxy groups -OCH3 is 1. The summed E-state index contributed by atoms with van der Waals surface area (Å²) < 4.78 is 4.48. The first-order chi connectivity index (χ1) is 8.38. The van der Waals surface area contributed by atoms with E-state index in [1.54, 1.807) is 0 Å². The number of aliphatic hydroxyl groups is 2. The zero-order chi connectivity index (χ0) is 13.9. The lowest BCUT2D eigenvalue weighted by Crippen LogP contribution is -2.28. The van der Waals surface area contributed by atoms with Crippen molar-refractivity contribution in [1.29, 1.82) is 0 Å². The average Bonchev–Trinajstić information content (AvgIpc) is 2.35. The minimum atomic E-state index is -1.99. The van der Waals surface area contributed by atoms with Crippen LogP contribution < -0.4 is 5.73 Å². The minimum Gasteiger partial charge on any atom is -0.479 e. The summed E-state index contributed by atoms with van der Waals surface area (Å²) >= 11 is 0. The van der Waals surface area contributed by atoms with Gasteiger partial charge in [-0.15, -0.1) is 0 Å². The molecule has 0 amide bonds. The van der Waals surface area contributed by atoms with E-state index >= 15 is 0 Å². The summed E-state index contributed by atoms with van der Waals surface area (Å²) in [4.78, 5) is 21.7. The normalized spacial score (nSPS) is 13.7. The van der Waals surface area contributed by atoms with Crippen molar-refractivity contribution in [2.75, 3.05) is 12.8 Å². The molecular formula is C11H13NO6. The maximum absolute atomic E-state index is 11.2. The molecule has 0 saturated heterocycles. The van der Waals surface area contributed by atoms with Gasteiger partial charge in [-0.2, -0.15) is 0 Å². The number of carbonyl (C=O) groups excluding carboxylic acids is 1. The molecule has 0 aliphatic rings. The third-order valence-electron chi connectivity index (χ3n) is 2.38. The van der Waals surface area contributed by atoms with Crippen LogP contribution in [0.3, 0.4) is 0 Å². The first-order valence-corrected chi connectivity index (χ1v) is 4.95. The van der Waals surface area contributed by atoms with Crippen molar-refractivity contribution in [3.8, 4) is 0 Å². The molecule has 0 aromatic heterocycles. The molecule has 0 radical (unpaired) electrons. The van der Waals surface area contributed by atoms with Crippen LogP contribution in [0.2, 0.25) is 0 Å². The van der Waals surface area contributed by atoms with Gasteiger partial charge in [0.25, 0.3) is 0 Å². The topological polar surface area (TPSA) is 130 Å². The second kappa shape index (κ2) is 5.48. The molecule has 0 fully saturated rings. The molecule has 0 saturated carbocycles. The van der Waals surface area contributed by atoms with Gasteiger partial charge in [-0.3, -0.25) is 0 Å².